The Morgan fingerprint density at radius 1 is 1.33 bits per heavy atom. The Labute approximate surface area is 104 Å². The van der Waals surface area contributed by atoms with E-state index in [4.69, 9.17) is 5.73 Å². The average molecular weight is 245 g/mol. The van der Waals surface area contributed by atoms with Gasteiger partial charge in [-0.25, -0.2) is 9.37 Å². The number of nitrogens with zero attached hydrogens (tertiary/aromatic N) is 1. The summed E-state index contributed by atoms with van der Waals surface area (Å²) in [6, 6.07) is 8.89. The van der Waals surface area contributed by atoms with Crippen molar-refractivity contribution in [2.75, 3.05) is 11.1 Å². The Kier molecular flexibility index (Phi) is 3.23. The van der Waals surface area contributed by atoms with Crippen LogP contribution in [0.1, 0.15) is 16.1 Å². The second kappa shape index (κ2) is 4.83. The molecular formula is C13H12FN3O. The van der Waals surface area contributed by atoms with Crippen LogP contribution < -0.4 is 11.1 Å². The lowest BCUT2D eigenvalue weighted by Gasteiger charge is -2.07. The average Bonchev–Trinajstić information content (AvgIpc) is 2.32. The maximum absolute atomic E-state index is 13.1. The van der Waals surface area contributed by atoms with Crippen molar-refractivity contribution in [1.82, 2.24) is 4.98 Å². The SMILES string of the molecule is Cc1cccc(NC(=O)c2cc(F)ccc2N)n1. The Morgan fingerprint density at radius 2 is 2.11 bits per heavy atom. The van der Waals surface area contributed by atoms with Gasteiger partial charge in [-0.1, -0.05) is 6.07 Å². The monoisotopic (exact) mass is 245 g/mol. The van der Waals surface area contributed by atoms with E-state index >= 15 is 0 Å². The fourth-order valence-electron chi connectivity index (χ4n) is 1.52. The molecule has 0 atom stereocenters. The molecule has 3 N–H and O–H groups in total. The van der Waals surface area contributed by atoms with E-state index in [1.165, 1.54) is 12.1 Å². The first-order chi connectivity index (χ1) is 8.56. The minimum absolute atomic E-state index is 0.0957. The number of carbonyl (C=O) groups is 1. The zero-order valence-electron chi connectivity index (χ0n) is 9.77. The molecule has 18 heavy (non-hydrogen) atoms. The van der Waals surface area contributed by atoms with E-state index in [0.717, 1.165) is 11.8 Å². The van der Waals surface area contributed by atoms with Crippen LogP contribution in [0.4, 0.5) is 15.9 Å². The van der Waals surface area contributed by atoms with Crippen molar-refractivity contribution in [1.29, 1.82) is 0 Å². The Bertz CT molecular complexity index is 599. The summed E-state index contributed by atoms with van der Waals surface area (Å²) in [6.07, 6.45) is 0. The van der Waals surface area contributed by atoms with E-state index < -0.39 is 11.7 Å². The third-order valence-corrected chi connectivity index (χ3v) is 2.39. The molecule has 0 fully saturated rings. The van der Waals surface area contributed by atoms with Crippen LogP contribution in [0, 0.1) is 12.7 Å². The van der Waals surface area contributed by atoms with Gasteiger partial charge in [-0.05, 0) is 37.3 Å². The molecule has 0 radical (unpaired) electrons. The number of aryl methyl sites for hydroxylation is 1. The molecule has 4 nitrogen and oxygen atoms in total. The Morgan fingerprint density at radius 3 is 2.83 bits per heavy atom. The largest absolute Gasteiger partial charge is 0.398 e. The van der Waals surface area contributed by atoms with Gasteiger partial charge >= 0.3 is 0 Å². The summed E-state index contributed by atoms with van der Waals surface area (Å²) in [5, 5.41) is 2.57. The van der Waals surface area contributed by atoms with Gasteiger partial charge in [0, 0.05) is 11.4 Å². The second-order valence-electron chi connectivity index (χ2n) is 3.85. The fourth-order valence-corrected chi connectivity index (χ4v) is 1.52. The van der Waals surface area contributed by atoms with Crippen LogP contribution >= 0.6 is 0 Å². The van der Waals surface area contributed by atoms with Gasteiger partial charge in [0.05, 0.1) is 5.56 Å². The standard InChI is InChI=1S/C13H12FN3O/c1-8-3-2-4-12(16-8)17-13(18)10-7-9(14)5-6-11(10)15/h2-7H,15H2,1H3,(H,16,17,18). The summed E-state index contributed by atoms with van der Waals surface area (Å²) in [7, 11) is 0. The van der Waals surface area contributed by atoms with E-state index in [-0.39, 0.29) is 11.3 Å². The zero-order valence-corrected chi connectivity index (χ0v) is 9.77. The smallest absolute Gasteiger partial charge is 0.259 e. The predicted molar refractivity (Wildman–Crippen MR) is 67.7 cm³/mol. The molecule has 0 unspecified atom stereocenters. The third-order valence-electron chi connectivity index (χ3n) is 2.39. The maximum Gasteiger partial charge on any atom is 0.259 e. The molecule has 0 aliphatic carbocycles. The molecule has 92 valence electrons. The molecule has 2 aromatic rings. The summed E-state index contributed by atoms with van der Waals surface area (Å²) in [4.78, 5) is 16.0. The van der Waals surface area contributed by atoms with Crippen molar-refractivity contribution in [3.05, 3.63) is 53.5 Å². The number of anilines is 2. The van der Waals surface area contributed by atoms with Gasteiger partial charge in [0.15, 0.2) is 0 Å². The van der Waals surface area contributed by atoms with Crippen molar-refractivity contribution < 1.29 is 9.18 Å². The molecule has 0 spiro atoms. The lowest BCUT2D eigenvalue weighted by molar-refractivity contribution is 0.102. The van der Waals surface area contributed by atoms with Gasteiger partial charge in [0.2, 0.25) is 0 Å². The van der Waals surface area contributed by atoms with Crippen molar-refractivity contribution in [2.45, 2.75) is 6.92 Å². The van der Waals surface area contributed by atoms with E-state index in [1.54, 1.807) is 12.1 Å². The summed E-state index contributed by atoms with van der Waals surface area (Å²) in [6.45, 7) is 1.81. The number of halogens is 1. The van der Waals surface area contributed by atoms with Gasteiger partial charge in [-0.2, -0.15) is 0 Å². The van der Waals surface area contributed by atoms with Crippen LogP contribution in [-0.4, -0.2) is 10.9 Å². The van der Waals surface area contributed by atoms with Crippen molar-refractivity contribution in [3.63, 3.8) is 0 Å². The lowest BCUT2D eigenvalue weighted by atomic mass is 10.1. The molecular weight excluding hydrogens is 233 g/mol. The Balaban J connectivity index is 2.24. The Hall–Kier alpha value is -2.43. The number of rotatable bonds is 2. The summed E-state index contributed by atoms with van der Waals surface area (Å²) < 4.78 is 13.1. The molecule has 0 bridgehead atoms. The van der Waals surface area contributed by atoms with Gasteiger partial charge in [0.1, 0.15) is 11.6 Å². The number of hydrogen-bond donors (Lipinski definition) is 2. The van der Waals surface area contributed by atoms with Gasteiger partial charge < -0.3 is 11.1 Å². The zero-order chi connectivity index (χ0) is 13.1. The molecule has 0 aliphatic rings. The molecule has 1 aromatic heterocycles. The second-order valence-corrected chi connectivity index (χ2v) is 3.85. The van der Waals surface area contributed by atoms with E-state index in [9.17, 15) is 9.18 Å². The normalized spacial score (nSPS) is 10.1. The number of carbonyl (C=O) groups excluding carboxylic acids is 1. The molecule has 1 amide bonds. The molecule has 0 saturated carbocycles. The summed E-state index contributed by atoms with van der Waals surface area (Å²) in [5.41, 5.74) is 6.72. The third kappa shape index (κ3) is 2.63. The first-order valence-electron chi connectivity index (χ1n) is 5.36. The van der Waals surface area contributed by atoms with Crippen LogP contribution in [0.15, 0.2) is 36.4 Å². The summed E-state index contributed by atoms with van der Waals surface area (Å²) >= 11 is 0. The van der Waals surface area contributed by atoms with E-state index in [2.05, 4.69) is 10.3 Å². The number of benzene rings is 1. The number of amides is 1. The van der Waals surface area contributed by atoms with Crippen LogP contribution in [0.2, 0.25) is 0 Å². The first kappa shape index (κ1) is 12.0. The van der Waals surface area contributed by atoms with Crippen LogP contribution in [0.3, 0.4) is 0 Å². The van der Waals surface area contributed by atoms with Gasteiger partial charge in [-0.3, -0.25) is 4.79 Å². The number of aromatic nitrogens is 1. The maximum atomic E-state index is 13.1. The first-order valence-corrected chi connectivity index (χ1v) is 5.36. The molecule has 2 rings (SSSR count). The minimum Gasteiger partial charge on any atom is -0.398 e. The van der Waals surface area contributed by atoms with Gasteiger partial charge in [-0.15, -0.1) is 0 Å². The highest BCUT2D eigenvalue weighted by Gasteiger charge is 2.11. The molecule has 0 saturated heterocycles. The van der Waals surface area contributed by atoms with Crippen LogP contribution in [0.25, 0.3) is 0 Å². The van der Waals surface area contributed by atoms with Crippen molar-refractivity contribution >= 4 is 17.4 Å². The molecule has 1 heterocycles. The minimum atomic E-state index is -0.508. The quantitative estimate of drug-likeness (QED) is 0.798. The van der Waals surface area contributed by atoms with Crippen LogP contribution in [-0.2, 0) is 0 Å². The van der Waals surface area contributed by atoms with E-state index in [1.807, 2.05) is 13.0 Å². The molecule has 5 heteroatoms. The number of nitrogens with one attached hydrogen (secondary N) is 1. The van der Waals surface area contributed by atoms with E-state index in [0.29, 0.717) is 5.82 Å². The highest BCUT2D eigenvalue weighted by molar-refractivity contribution is 6.07. The van der Waals surface area contributed by atoms with Crippen molar-refractivity contribution in [2.24, 2.45) is 0 Å². The molecule has 0 aliphatic heterocycles. The highest BCUT2D eigenvalue weighted by Crippen LogP contribution is 2.15. The summed E-state index contributed by atoms with van der Waals surface area (Å²) in [5.74, 6) is -0.583. The lowest BCUT2D eigenvalue weighted by Crippen LogP contribution is -2.15. The van der Waals surface area contributed by atoms with Crippen LogP contribution in [0.5, 0.6) is 0 Å². The predicted octanol–water partition coefficient (Wildman–Crippen LogP) is 2.36. The topological polar surface area (TPSA) is 68.0 Å². The van der Waals surface area contributed by atoms with Crippen molar-refractivity contribution in [3.8, 4) is 0 Å². The molecule has 1 aromatic carbocycles. The number of nitrogens with two attached hydrogens (primary N) is 1. The highest BCUT2D eigenvalue weighted by atomic mass is 19.1. The number of pyridine rings is 1. The number of nitrogen functional groups attached to an aromatic ring is 1. The number of hydrogen-bond acceptors (Lipinski definition) is 3. The fraction of sp³-hybridized carbons (Fsp3) is 0.0769. The van der Waals surface area contributed by atoms with Gasteiger partial charge in [0.25, 0.3) is 5.91 Å².